The number of aliphatic hydroxyl groups excluding tert-OH is 1. The number of aliphatic hydroxyl groups is 1. The number of aryl methyl sites for hydroxylation is 1. The Hall–Kier alpha value is -2.13. The molecule has 0 aliphatic heterocycles. The SMILES string of the molecule is CCc1ncc([C@H](O)c2cccc3ccccc23)n1C. The average Bonchev–Trinajstić information content (AvgIpc) is 2.87. The van der Waals surface area contributed by atoms with Gasteiger partial charge in [0.25, 0.3) is 0 Å². The van der Waals surface area contributed by atoms with E-state index < -0.39 is 6.10 Å². The Bertz CT molecular complexity index is 740. The van der Waals surface area contributed by atoms with Gasteiger partial charge < -0.3 is 9.67 Å². The molecule has 3 rings (SSSR count). The van der Waals surface area contributed by atoms with E-state index in [1.807, 2.05) is 41.9 Å². The first-order chi connectivity index (χ1) is 9.72. The van der Waals surface area contributed by atoms with Crippen LogP contribution in [0.25, 0.3) is 10.8 Å². The van der Waals surface area contributed by atoms with Crippen LogP contribution in [0.15, 0.2) is 48.7 Å². The molecule has 1 heterocycles. The minimum atomic E-state index is -0.654. The van der Waals surface area contributed by atoms with Crippen LogP contribution in [-0.2, 0) is 13.5 Å². The van der Waals surface area contributed by atoms with Gasteiger partial charge in [0.2, 0.25) is 0 Å². The maximum absolute atomic E-state index is 10.7. The van der Waals surface area contributed by atoms with Gasteiger partial charge in [-0.2, -0.15) is 0 Å². The van der Waals surface area contributed by atoms with Crippen molar-refractivity contribution < 1.29 is 5.11 Å². The summed E-state index contributed by atoms with van der Waals surface area (Å²) in [5, 5.41) is 12.9. The number of benzene rings is 2. The number of nitrogens with zero attached hydrogens (tertiary/aromatic N) is 2. The number of fused-ring (bicyclic) bond motifs is 1. The summed E-state index contributed by atoms with van der Waals surface area (Å²) in [6, 6.07) is 14.1. The molecular weight excluding hydrogens is 248 g/mol. The summed E-state index contributed by atoms with van der Waals surface area (Å²) in [5.41, 5.74) is 1.76. The minimum Gasteiger partial charge on any atom is -0.382 e. The largest absolute Gasteiger partial charge is 0.382 e. The van der Waals surface area contributed by atoms with Crippen molar-refractivity contribution in [2.24, 2.45) is 7.05 Å². The van der Waals surface area contributed by atoms with Crippen LogP contribution in [0.4, 0.5) is 0 Å². The van der Waals surface area contributed by atoms with Crippen molar-refractivity contribution in [3.63, 3.8) is 0 Å². The summed E-state index contributed by atoms with van der Waals surface area (Å²) >= 11 is 0. The molecule has 0 aliphatic carbocycles. The lowest BCUT2D eigenvalue weighted by Gasteiger charge is -2.15. The molecule has 0 saturated heterocycles. The number of hydrogen-bond acceptors (Lipinski definition) is 2. The Morgan fingerprint density at radius 3 is 2.65 bits per heavy atom. The van der Waals surface area contributed by atoms with Crippen molar-refractivity contribution in [1.82, 2.24) is 9.55 Å². The summed E-state index contributed by atoms with van der Waals surface area (Å²) in [6.07, 6.45) is 1.98. The highest BCUT2D eigenvalue weighted by Gasteiger charge is 2.18. The molecule has 0 fully saturated rings. The fourth-order valence-electron chi connectivity index (χ4n) is 2.69. The molecule has 0 spiro atoms. The normalized spacial score (nSPS) is 12.8. The standard InChI is InChI=1S/C17H18N2O/c1-3-16-18-11-15(19(16)2)17(20)14-10-6-8-12-7-4-5-9-13(12)14/h4-11,17,20H,3H2,1-2H3/t17-/m1/s1. The highest BCUT2D eigenvalue weighted by Crippen LogP contribution is 2.28. The van der Waals surface area contributed by atoms with E-state index in [2.05, 4.69) is 24.0 Å². The van der Waals surface area contributed by atoms with Crippen molar-refractivity contribution in [2.45, 2.75) is 19.4 Å². The smallest absolute Gasteiger partial charge is 0.121 e. The summed E-state index contributed by atoms with van der Waals surface area (Å²) < 4.78 is 1.98. The molecule has 3 nitrogen and oxygen atoms in total. The van der Waals surface area contributed by atoms with Crippen molar-refractivity contribution >= 4 is 10.8 Å². The highest BCUT2D eigenvalue weighted by atomic mass is 16.3. The van der Waals surface area contributed by atoms with Gasteiger partial charge in [-0.05, 0) is 16.3 Å². The molecule has 3 aromatic rings. The molecule has 1 atom stereocenters. The Morgan fingerprint density at radius 1 is 1.15 bits per heavy atom. The Kier molecular flexibility index (Phi) is 3.28. The van der Waals surface area contributed by atoms with Crippen LogP contribution in [-0.4, -0.2) is 14.7 Å². The molecule has 20 heavy (non-hydrogen) atoms. The van der Waals surface area contributed by atoms with Gasteiger partial charge in [-0.1, -0.05) is 49.4 Å². The van der Waals surface area contributed by atoms with Crippen LogP contribution in [0.2, 0.25) is 0 Å². The third-order valence-corrected chi connectivity index (χ3v) is 3.83. The Balaban J connectivity index is 2.12. The lowest BCUT2D eigenvalue weighted by molar-refractivity contribution is 0.212. The molecule has 102 valence electrons. The Labute approximate surface area is 118 Å². The molecule has 0 unspecified atom stereocenters. The first-order valence-corrected chi connectivity index (χ1v) is 6.88. The molecule has 0 saturated carbocycles. The van der Waals surface area contributed by atoms with Crippen molar-refractivity contribution in [1.29, 1.82) is 0 Å². The summed E-state index contributed by atoms with van der Waals surface area (Å²) in [4.78, 5) is 4.36. The number of rotatable bonds is 3. The lowest BCUT2D eigenvalue weighted by atomic mass is 9.99. The van der Waals surface area contributed by atoms with Gasteiger partial charge in [0.05, 0.1) is 11.9 Å². The van der Waals surface area contributed by atoms with Gasteiger partial charge in [0, 0.05) is 13.5 Å². The second kappa shape index (κ2) is 5.10. The maximum Gasteiger partial charge on any atom is 0.121 e. The summed E-state index contributed by atoms with van der Waals surface area (Å²) in [7, 11) is 1.95. The second-order valence-electron chi connectivity index (χ2n) is 4.98. The lowest BCUT2D eigenvalue weighted by Crippen LogP contribution is -2.08. The van der Waals surface area contributed by atoms with Crippen LogP contribution in [0.1, 0.15) is 30.1 Å². The third kappa shape index (κ3) is 2.00. The minimum absolute atomic E-state index is 0.654. The average molecular weight is 266 g/mol. The van der Waals surface area contributed by atoms with Crippen molar-refractivity contribution in [3.8, 4) is 0 Å². The quantitative estimate of drug-likeness (QED) is 0.790. The van der Waals surface area contributed by atoms with Crippen LogP contribution in [0.3, 0.4) is 0 Å². The van der Waals surface area contributed by atoms with E-state index in [4.69, 9.17) is 0 Å². The van der Waals surface area contributed by atoms with E-state index in [9.17, 15) is 5.11 Å². The van der Waals surface area contributed by atoms with Crippen molar-refractivity contribution in [3.05, 3.63) is 65.7 Å². The fraction of sp³-hybridized carbons (Fsp3) is 0.235. The van der Waals surface area contributed by atoms with E-state index in [0.717, 1.165) is 34.3 Å². The van der Waals surface area contributed by atoms with Gasteiger partial charge >= 0.3 is 0 Å². The molecule has 1 N–H and O–H groups in total. The number of imidazole rings is 1. The van der Waals surface area contributed by atoms with Crippen molar-refractivity contribution in [2.75, 3.05) is 0 Å². The van der Waals surface area contributed by atoms with E-state index in [1.54, 1.807) is 6.20 Å². The summed E-state index contributed by atoms with van der Waals surface area (Å²) in [5.74, 6) is 0.985. The molecule has 0 aliphatic rings. The van der Waals surface area contributed by atoms with Gasteiger partial charge in [0.15, 0.2) is 0 Å². The first kappa shape index (κ1) is 12.9. The zero-order chi connectivity index (χ0) is 14.1. The van der Waals surface area contributed by atoms with E-state index >= 15 is 0 Å². The van der Waals surface area contributed by atoms with E-state index in [-0.39, 0.29) is 0 Å². The first-order valence-electron chi connectivity index (χ1n) is 6.88. The van der Waals surface area contributed by atoms with Gasteiger partial charge in [0.1, 0.15) is 11.9 Å². The number of hydrogen-bond donors (Lipinski definition) is 1. The molecule has 0 amide bonds. The van der Waals surface area contributed by atoms with Crippen LogP contribution < -0.4 is 0 Å². The molecular formula is C17H18N2O. The zero-order valence-electron chi connectivity index (χ0n) is 11.7. The topological polar surface area (TPSA) is 38.1 Å². The fourth-order valence-corrected chi connectivity index (χ4v) is 2.69. The third-order valence-electron chi connectivity index (χ3n) is 3.83. The molecule has 2 aromatic carbocycles. The monoisotopic (exact) mass is 266 g/mol. The van der Waals surface area contributed by atoms with Gasteiger partial charge in [-0.3, -0.25) is 0 Å². The zero-order valence-corrected chi connectivity index (χ0v) is 11.7. The van der Waals surface area contributed by atoms with Crippen LogP contribution >= 0.6 is 0 Å². The molecule has 0 bridgehead atoms. The summed E-state index contributed by atoms with van der Waals surface area (Å²) in [6.45, 7) is 2.07. The van der Waals surface area contributed by atoms with E-state index in [0.29, 0.717) is 0 Å². The van der Waals surface area contributed by atoms with Crippen LogP contribution in [0, 0.1) is 0 Å². The second-order valence-corrected chi connectivity index (χ2v) is 4.98. The molecule has 3 heteroatoms. The molecule has 0 radical (unpaired) electrons. The predicted octanol–water partition coefficient (Wildman–Crippen LogP) is 3.22. The van der Waals surface area contributed by atoms with Gasteiger partial charge in [-0.25, -0.2) is 4.98 Å². The predicted molar refractivity (Wildman–Crippen MR) is 80.6 cm³/mol. The van der Waals surface area contributed by atoms with Crippen LogP contribution in [0.5, 0.6) is 0 Å². The van der Waals surface area contributed by atoms with Gasteiger partial charge in [-0.15, -0.1) is 0 Å². The van der Waals surface area contributed by atoms with E-state index in [1.165, 1.54) is 0 Å². The maximum atomic E-state index is 10.7. The highest BCUT2D eigenvalue weighted by molar-refractivity contribution is 5.86. The molecule has 1 aromatic heterocycles. The Morgan fingerprint density at radius 2 is 1.90 bits per heavy atom. The number of aromatic nitrogens is 2.